The van der Waals surface area contributed by atoms with E-state index in [1.807, 2.05) is 13.8 Å². The lowest BCUT2D eigenvalue weighted by molar-refractivity contribution is -0.0444. The van der Waals surface area contributed by atoms with E-state index >= 15 is 0 Å². The summed E-state index contributed by atoms with van der Waals surface area (Å²) in [4.78, 5) is 0. The Morgan fingerprint density at radius 1 is 1.23 bits per heavy atom. The van der Waals surface area contributed by atoms with Crippen LogP contribution in [0.25, 0.3) is 0 Å². The average Bonchev–Trinajstić information content (AvgIpc) is 2.40. The van der Waals surface area contributed by atoms with Gasteiger partial charge in [0.05, 0.1) is 22.3 Å². The predicted octanol–water partition coefficient (Wildman–Crippen LogP) is 3.00. The molecule has 1 aliphatic heterocycles. The summed E-state index contributed by atoms with van der Waals surface area (Å²) in [6.07, 6.45) is -0.249. The molecule has 1 aromatic carbocycles. The number of ether oxygens (including phenoxy) is 1. The van der Waals surface area contributed by atoms with Crippen LogP contribution in [-0.4, -0.2) is 38.0 Å². The van der Waals surface area contributed by atoms with Gasteiger partial charge >= 0.3 is 0 Å². The summed E-state index contributed by atoms with van der Waals surface area (Å²) in [5.74, 6) is 0. The van der Waals surface area contributed by atoms with Crippen molar-refractivity contribution in [3.8, 4) is 0 Å². The molecule has 2 rings (SSSR count). The number of benzene rings is 1. The summed E-state index contributed by atoms with van der Waals surface area (Å²) in [6, 6.07) is 4.67. The molecule has 0 aromatic heterocycles. The van der Waals surface area contributed by atoms with E-state index in [9.17, 15) is 8.42 Å². The van der Waals surface area contributed by atoms with Crippen LogP contribution in [0.15, 0.2) is 18.2 Å². The Hall–Kier alpha value is -0.370. The summed E-state index contributed by atoms with van der Waals surface area (Å²) < 4.78 is 34.7. The van der Waals surface area contributed by atoms with Gasteiger partial charge in [-0.05, 0) is 38.5 Å². The van der Waals surface area contributed by atoms with Crippen LogP contribution in [0.1, 0.15) is 32.4 Å². The van der Waals surface area contributed by atoms with Crippen molar-refractivity contribution in [3.63, 3.8) is 0 Å². The second kappa shape index (κ2) is 7.03. The number of rotatable bonds is 4. The molecule has 0 saturated carbocycles. The smallest absolute Gasteiger partial charge is 0.280 e. The van der Waals surface area contributed by atoms with Gasteiger partial charge in [0.2, 0.25) is 0 Å². The average molecular weight is 367 g/mol. The van der Waals surface area contributed by atoms with E-state index in [0.29, 0.717) is 23.1 Å². The number of halogens is 2. The summed E-state index contributed by atoms with van der Waals surface area (Å²) >= 11 is 11.9. The highest BCUT2D eigenvalue weighted by Crippen LogP contribution is 2.26. The van der Waals surface area contributed by atoms with Crippen molar-refractivity contribution in [1.82, 2.24) is 9.03 Å². The Labute approximate surface area is 141 Å². The number of hydrogen-bond donors (Lipinski definition) is 1. The molecule has 1 aromatic rings. The van der Waals surface area contributed by atoms with E-state index in [0.717, 1.165) is 5.56 Å². The van der Waals surface area contributed by atoms with Gasteiger partial charge in [-0.2, -0.15) is 17.4 Å². The molecule has 0 amide bonds. The van der Waals surface area contributed by atoms with Crippen molar-refractivity contribution in [2.45, 2.75) is 39.0 Å². The molecule has 1 fully saturated rings. The second-order valence-electron chi connectivity index (χ2n) is 5.59. The van der Waals surface area contributed by atoms with Crippen molar-refractivity contribution in [3.05, 3.63) is 33.8 Å². The first-order valence-corrected chi connectivity index (χ1v) is 9.26. The number of nitrogens with one attached hydrogen (secondary N) is 1. The fourth-order valence-electron chi connectivity index (χ4n) is 2.47. The fraction of sp³-hybridized carbons (Fsp3) is 0.571. The third kappa shape index (κ3) is 4.34. The Bertz CT molecular complexity index is 629. The van der Waals surface area contributed by atoms with Crippen molar-refractivity contribution in [1.29, 1.82) is 0 Å². The van der Waals surface area contributed by atoms with Gasteiger partial charge in [-0.15, -0.1) is 0 Å². The quantitative estimate of drug-likeness (QED) is 0.890. The molecule has 1 aliphatic rings. The molecule has 1 heterocycles. The van der Waals surface area contributed by atoms with Gasteiger partial charge < -0.3 is 4.74 Å². The van der Waals surface area contributed by atoms with E-state index in [4.69, 9.17) is 27.9 Å². The van der Waals surface area contributed by atoms with Crippen molar-refractivity contribution in [2.75, 3.05) is 13.1 Å². The molecule has 5 nitrogen and oxygen atoms in total. The van der Waals surface area contributed by atoms with Crippen LogP contribution in [0.3, 0.4) is 0 Å². The first-order chi connectivity index (χ1) is 10.2. The third-order valence-electron chi connectivity index (χ3n) is 3.50. The van der Waals surface area contributed by atoms with Crippen LogP contribution in [0.5, 0.6) is 0 Å². The molecule has 8 heteroatoms. The minimum absolute atomic E-state index is 0.124. The summed E-state index contributed by atoms with van der Waals surface area (Å²) in [5.41, 5.74) is 0.757. The van der Waals surface area contributed by atoms with Crippen LogP contribution < -0.4 is 4.72 Å². The van der Waals surface area contributed by atoms with E-state index < -0.39 is 16.3 Å². The molecule has 3 unspecified atom stereocenters. The molecular weight excluding hydrogens is 347 g/mol. The molecule has 0 radical (unpaired) electrons. The van der Waals surface area contributed by atoms with Gasteiger partial charge in [0.15, 0.2) is 0 Å². The summed E-state index contributed by atoms with van der Waals surface area (Å²) in [7, 11) is -3.59. The van der Waals surface area contributed by atoms with E-state index in [1.54, 1.807) is 25.1 Å². The molecule has 1 saturated heterocycles. The largest absolute Gasteiger partial charge is 0.373 e. The van der Waals surface area contributed by atoms with Gasteiger partial charge in [-0.25, -0.2) is 0 Å². The second-order valence-corrected chi connectivity index (χ2v) is 8.11. The first-order valence-electron chi connectivity index (χ1n) is 7.07. The van der Waals surface area contributed by atoms with Crippen LogP contribution in [0.2, 0.25) is 10.0 Å². The molecule has 3 atom stereocenters. The monoisotopic (exact) mass is 366 g/mol. The first kappa shape index (κ1) is 18.0. The predicted molar refractivity (Wildman–Crippen MR) is 88.5 cm³/mol. The number of morpholine rings is 1. The van der Waals surface area contributed by atoms with Gasteiger partial charge in [-0.3, -0.25) is 0 Å². The molecule has 0 spiro atoms. The standard InChI is InChI=1S/C14H20Cl2N2O3S/c1-9-7-18(8-10(2)21-9)22(19,20)17-11(3)12-4-5-13(15)14(16)6-12/h4-6,9-11,17H,7-8H2,1-3H3. The highest BCUT2D eigenvalue weighted by Gasteiger charge is 2.31. The number of hydrogen-bond acceptors (Lipinski definition) is 3. The topological polar surface area (TPSA) is 58.6 Å². The van der Waals surface area contributed by atoms with Gasteiger partial charge in [-0.1, -0.05) is 29.3 Å². The zero-order chi connectivity index (χ0) is 16.5. The van der Waals surface area contributed by atoms with Gasteiger partial charge in [0.1, 0.15) is 0 Å². The maximum Gasteiger partial charge on any atom is 0.280 e. The van der Waals surface area contributed by atoms with Crippen molar-refractivity contribution < 1.29 is 13.2 Å². The molecule has 124 valence electrons. The van der Waals surface area contributed by atoms with Crippen molar-refractivity contribution >= 4 is 33.4 Å². The van der Waals surface area contributed by atoms with E-state index in [-0.39, 0.29) is 12.2 Å². The lowest BCUT2D eigenvalue weighted by Crippen LogP contribution is -2.52. The van der Waals surface area contributed by atoms with Crippen molar-refractivity contribution in [2.24, 2.45) is 0 Å². The molecule has 1 N–H and O–H groups in total. The highest BCUT2D eigenvalue weighted by molar-refractivity contribution is 7.87. The number of nitrogens with zero attached hydrogens (tertiary/aromatic N) is 1. The zero-order valence-electron chi connectivity index (χ0n) is 12.7. The molecule has 0 bridgehead atoms. The van der Waals surface area contributed by atoms with E-state index in [1.165, 1.54) is 4.31 Å². The minimum Gasteiger partial charge on any atom is -0.373 e. The minimum atomic E-state index is -3.59. The normalized spacial score (nSPS) is 25.1. The summed E-state index contributed by atoms with van der Waals surface area (Å²) in [5, 5.41) is 0.843. The SMILES string of the molecule is CC1CN(S(=O)(=O)NC(C)c2ccc(Cl)c(Cl)c2)CC(C)O1. The fourth-order valence-corrected chi connectivity index (χ4v) is 4.33. The molecule has 0 aliphatic carbocycles. The molecule has 22 heavy (non-hydrogen) atoms. The maximum absolute atomic E-state index is 12.5. The third-order valence-corrected chi connectivity index (χ3v) is 5.86. The summed E-state index contributed by atoms with van der Waals surface area (Å²) in [6.45, 7) is 6.17. The molecular formula is C14H20Cl2N2O3S. The van der Waals surface area contributed by atoms with Crippen LogP contribution in [0.4, 0.5) is 0 Å². The van der Waals surface area contributed by atoms with Gasteiger partial charge in [0, 0.05) is 19.1 Å². The Morgan fingerprint density at radius 3 is 2.36 bits per heavy atom. The Balaban J connectivity index is 2.12. The van der Waals surface area contributed by atoms with Crippen LogP contribution in [0, 0.1) is 0 Å². The van der Waals surface area contributed by atoms with Crippen LogP contribution >= 0.6 is 23.2 Å². The maximum atomic E-state index is 12.5. The van der Waals surface area contributed by atoms with Crippen LogP contribution in [-0.2, 0) is 14.9 Å². The van der Waals surface area contributed by atoms with E-state index in [2.05, 4.69) is 4.72 Å². The highest BCUT2D eigenvalue weighted by atomic mass is 35.5. The van der Waals surface area contributed by atoms with Gasteiger partial charge in [0.25, 0.3) is 10.2 Å². The Morgan fingerprint density at radius 2 is 1.82 bits per heavy atom. The lowest BCUT2D eigenvalue weighted by Gasteiger charge is -2.35. The zero-order valence-corrected chi connectivity index (χ0v) is 15.0. The Kier molecular flexibility index (Phi) is 5.74. The lowest BCUT2D eigenvalue weighted by atomic mass is 10.1.